The van der Waals surface area contributed by atoms with Gasteiger partial charge in [-0.3, -0.25) is 0 Å². The van der Waals surface area contributed by atoms with E-state index >= 15 is 0 Å². The van der Waals surface area contributed by atoms with E-state index in [4.69, 9.17) is 18.7 Å². The Morgan fingerprint density at radius 3 is 2.54 bits per heavy atom. The fourth-order valence-electron chi connectivity index (χ4n) is 2.42. The molecule has 2 aromatic carbocycles. The molecule has 7 heteroatoms. The van der Waals surface area contributed by atoms with E-state index in [1.54, 1.807) is 18.2 Å². The van der Waals surface area contributed by atoms with Crippen LogP contribution in [0.15, 0.2) is 53.1 Å². The second-order valence-corrected chi connectivity index (χ2v) is 6.42. The molecular formula is C21H22N2O5. The fourth-order valence-corrected chi connectivity index (χ4v) is 2.42. The fraction of sp³-hybridized carbons (Fsp3) is 0.286. The Hall–Kier alpha value is -3.35. The molecule has 0 atom stereocenters. The molecule has 7 nitrogen and oxygen atoms in total. The van der Waals surface area contributed by atoms with Gasteiger partial charge in [0, 0.05) is 5.92 Å². The monoisotopic (exact) mass is 382 g/mol. The summed E-state index contributed by atoms with van der Waals surface area (Å²) in [6.07, 6.45) is 0. The van der Waals surface area contributed by atoms with Gasteiger partial charge in [0.05, 0.1) is 12.7 Å². The highest BCUT2D eigenvalue weighted by Gasteiger charge is 2.15. The van der Waals surface area contributed by atoms with Gasteiger partial charge >= 0.3 is 5.97 Å². The van der Waals surface area contributed by atoms with E-state index in [1.165, 1.54) is 7.11 Å². The smallest absolute Gasteiger partial charge is 0.338 e. The molecule has 0 amide bonds. The molecule has 0 spiro atoms. The third-order valence-electron chi connectivity index (χ3n) is 3.96. The van der Waals surface area contributed by atoms with Gasteiger partial charge in [0.15, 0.2) is 23.9 Å². The van der Waals surface area contributed by atoms with Gasteiger partial charge in [-0.25, -0.2) is 4.79 Å². The number of ether oxygens (including phenoxy) is 3. The lowest BCUT2D eigenvalue weighted by Crippen LogP contribution is -2.06. The van der Waals surface area contributed by atoms with E-state index < -0.39 is 5.97 Å². The van der Waals surface area contributed by atoms with Gasteiger partial charge in [-0.1, -0.05) is 49.3 Å². The van der Waals surface area contributed by atoms with Crippen molar-refractivity contribution >= 4 is 5.97 Å². The highest BCUT2D eigenvalue weighted by Crippen LogP contribution is 2.29. The van der Waals surface area contributed by atoms with E-state index in [0.29, 0.717) is 29.5 Å². The summed E-state index contributed by atoms with van der Waals surface area (Å²) in [5.41, 5.74) is 1.38. The molecule has 0 aliphatic rings. The maximum Gasteiger partial charge on any atom is 0.338 e. The number of carbonyl (C=O) groups excluding carboxylic acids is 1. The molecular weight excluding hydrogens is 360 g/mol. The van der Waals surface area contributed by atoms with Crippen molar-refractivity contribution in [1.29, 1.82) is 0 Å². The van der Waals surface area contributed by atoms with E-state index in [9.17, 15) is 4.79 Å². The van der Waals surface area contributed by atoms with Crippen LogP contribution in [0.2, 0.25) is 0 Å². The van der Waals surface area contributed by atoms with E-state index in [0.717, 1.165) is 5.56 Å². The van der Waals surface area contributed by atoms with Gasteiger partial charge in [-0.15, -0.1) is 0 Å². The summed E-state index contributed by atoms with van der Waals surface area (Å²) in [7, 11) is 1.52. The zero-order valence-corrected chi connectivity index (χ0v) is 16.0. The van der Waals surface area contributed by atoms with Gasteiger partial charge in [0.2, 0.25) is 0 Å². The Morgan fingerprint density at radius 1 is 1.07 bits per heavy atom. The van der Waals surface area contributed by atoms with Crippen molar-refractivity contribution in [3.05, 3.63) is 71.4 Å². The molecule has 3 aromatic rings. The molecule has 0 bridgehead atoms. The maximum absolute atomic E-state index is 12.3. The first-order valence-corrected chi connectivity index (χ1v) is 8.91. The van der Waals surface area contributed by atoms with Crippen LogP contribution in [-0.2, 0) is 18.0 Å². The number of carbonyl (C=O) groups is 1. The highest BCUT2D eigenvalue weighted by molar-refractivity contribution is 5.90. The molecule has 0 unspecified atom stereocenters. The molecule has 0 radical (unpaired) electrons. The van der Waals surface area contributed by atoms with E-state index in [1.807, 2.05) is 44.2 Å². The first kappa shape index (κ1) is 19.4. The molecule has 1 heterocycles. The van der Waals surface area contributed by atoms with Gasteiger partial charge < -0.3 is 18.7 Å². The lowest BCUT2D eigenvalue weighted by atomic mass is 10.2. The summed E-state index contributed by atoms with van der Waals surface area (Å²) in [6.45, 7) is 4.21. The molecule has 0 saturated heterocycles. The molecule has 0 N–H and O–H groups in total. The number of hydrogen-bond acceptors (Lipinski definition) is 7. The van der Waals surface area contributed by atoms with Crippen molar-refractivity contribution in [2.45, 2.75) is 33.0 Å². The molecule has 146 valence electrons. The molecule has 0 fully saturated rings. The summed E-state index contributed by atoms with van der Waals surface area (Å²) in [6, 6.07) is 14.7. The van der Waals surface area contributed by atoms with Crippen molar-refractivity contribution in [3.8, 4) is 11.5 Å². The van der Waals surface area contributed by atoms with Gasteiger partial charge in [0.25, 0.3) is 5.89 Å². The van der Waals surface area contributed by atoms with Gasteiger partial charge in [-0.05, 0) is 23.8 Å². The second kappa shape index (κ2) is 9.03. The Morgan fingerprint density at radius 2 is 1.86 bits per heavy atom. The average molecular weight is 382 g/mol. The lowest BCUT2D eigenvalue weighted by Gasteiger charge is -2.12. The zero-order chi connectivity index (χ0) is 19.9. The predicted molar refractivity (Wildman–Crippen MR) is 101 cm³/mol. The largest absolute Gasteiger partial charge is 0.493 e. The second-order valence-electron chi connectivity index (χ2n) is 6.42. The Kier molecular flexibility index (Phi) is 6.26. The van der Waals surface area contributed by atoms with Crippen LogP contribution in [-0.4, -0.2) is 23.2 Å². The van der Waals surface area contributed by atoms with Crippen molar-refractivity contribution < 1.29 is 23.5 Å². The number of rotatable bonds is 8. The summed E-state index contributed by atoms with van der Waals surface area (Å²) in [5.74, 6) is 1.45. The van der Waals surface area contributed by atoms with Crippen molar-refractivity contribution in [1.82, 2.24) is 10.1 Å². The third kappa shape index (κ3) is 4.88. The van der Waals surface area contributed by atoms with Crippen LogP contribution in [0.3, 0.4) is 0 Å². The van der Waals surface area contributed by atoms with Crippen LogP contribution in [0.5, 0.6) is 11.5 Å². The lowest BCUT2D eigenvalue weighted by molar-refractivity contribution is 0.0429. The number of hydrogen-bond donors (Lipinski definition) is 0. The number of methoxy groups -OCH3 is 1. The third-order valence-corrected chi connectivity index (χ3v) is 3.96. The highest BCUT2D eigenvalue weighted by atomic mass is 16.6. The van der Waals surface area contributed by atoms with Crippen LogP contribution in [0.1, 0.15) is 47.4 Å². The average Bonchev–Trinajstić information content (AvgIpc) is 3.20. The molecule has 1 aromatic heterocycles. The standard InChI is InChI=1S/C21H22N2O5/c1-14(2)20-22-19(28-23-20)13-27-21(24)16-9-10-17(18(11-16)25-3)26-12-15-7-5-4-6-8-15/h4-11,14H,12-13H2,1-3H3. The van der Waals surface area contributed by atoms with Crippen molar-refractivity contribution in [3.63, 3.8) is 0 Å². The van der Waals surface area contributed by atoms with Gasteiger partial charge in [0.1, 0.15) is 6.61 Å². The zero-order valence-electron chi connectivity index (χ0n) is 16.0. The molecule has 0 saturated carbocycles. The minimum absolute atomic E-state index is 0.0902. The maximum atomic E-state index is 12.3. The SMILES string of the molecule is COc1cc(C(=O)OCc2nc(C(C)C)no2)ccc1OCc1ccccc1. The number of benzene rings is 2. The number of esters is 1. The number of aromatic nitrogens is 2. The molecule has 3 rings (SSSR count). The number of nitrogens with zero attached hydrogens (tertiary/aromatic N) is 2. The van der Waals surface area contributed by atoms with Crippen LogP contribution < -0.4 is 9.47 Å². The first-order valence-electron chi connectivity index (χ1n) is 8.91. The summed E-state index contributed by atoms with van der Waals surface area (Å²) in [5, 5.41) is 3.84. The van der Waals surface area contributed by atoms with Gasteiger partial charge in [-0.2, -0.15) is 4.98 Å². The van der Waals surface area contributed by atoms with Crippen LogP contribution >= 0.6 is 0 Å². The normalized spacial score (nSPS) is 10.7. The van der Waals surface area contributed by atoms with E-state index in [2.05, 4.69) is 10.1 Å². The summed E-state index contributed by atoms with van der Waals surface area (Å²) in [4.78, 5) is 16.5. The van der Waals surface area contributed by atoms with E-state index in [-0.39, 0.29) is 18.4 Å². The minimum Gasteiger partial charge on any atom is -0.493 e. The summed E-state index contributed by atoms with van der Waals surface area (Å²) >= 11 is 0. The Balaban J connectivity index is 1.62. The molecule has 0 aliphatic carbocycles. The van der Waals surface area contributed by atoms with Crippen molar-refractivity contribution in [2.24, 2.45) is 0 Å². The Bertz CT molecular complexity index is 922. The minimum atomic E-state index is -0.516. The van der Waals surface area contributed by atoms with Crippen LogP contribution in [0.4, 0.5) is 0 Å². The Labute approximate surface area is 163 Å². The summed E-state index contributed by atoms with van der Waals surface area (Å²) < 4.78 is 21.4. The predicted octanol–water partition coefficient (Wildman–Crippen LogP) is 4.14. The quantitative estimate of drug-likeness (QED) is 0.541. The van der Waals surface area contributed by atoms with Crippen molar-refractivity contribution in [2.75, 3.05) is 7.11 Å². The van der Waals surface area contributed by atoms with Crippen LogP contribution in [0.25, 0.3) is 0 Å². The first-order chi connectivity index (χ1) is 13.6. The molecule has 0 aliphatic heterocycles. The molecule has 28 heavy (non-hydrogen) atoms. The topological polar surface area (TPSA) is 83.7 Å². The van der Waals surface area contributed by atoms with Crippen LogP contribution in [0, 0.1) is 0 Å².